The molecule has 0 heterocycles. The molecular formula is C22H22O5. The fourth-order valence-corrected chi connectivity index (χ4v) is 2.80. The Morgan fingerprint density at radius 1 is 0.667 bits per heavy atom. The van der Waals surface area contributed by atoms with E-state index in [9.17, 15) is 15.0 Å². The second kappa shape index (κ2) is 8.27. The molecule has 5 heteroatoms. The number of phenols is 3. The molecule has 0 bridgehead atoms. The molecule has 140 valence electrons. The van der Waals surface area contributed by atoms with Crippen LogP contribution in [0.1, 0.15) is 35.3 Å². The van der Waals surface area contributed by atoms with Crippen LogP contribution in [0.4, 0.5) is 0 Å². The number of carboxylic acid groups (broad SMARTS) is 1. The highest BCUT2D eigenvalue weighted by Gasteiger charge is 2.28. The number of aromatic hydroxyl groups is 3. The number of aromatic carboxylic acids is 1. The van der Waals surface area contributed by atoms with E-state index in [2.05, 4.69) is 0 Å². The zero-order valence-electron chi connectivity index (χ0n) is 15.1. The summed E-state index contributed by atoms with van der Waals surface area (Å²) in [5, 5.41) is 37.1. The largest absolute Gasteiger partial charge is 0.508 e. The van der Waals surface area contributed by atoms with Crippen molar-refractivity contribution < 1.29 is 25.2 Å². The van der Waals surface area contributed by atoms with E-state index in [-0.39, 0.29) is 22.8 Å². The molecule has 27 heavy (non-hydrogen) atoms. The normalized spacial score (nSPS) is 10.6. The van der Waals surface area contributed by atoms with Crippen molar-refractivity contribution in [2.24, 2.45) is 0 Å². The standard InChI is InChI=1S/C15H16O2.C7H6O3/c1-15(2,11-7-3-5-9-13(11)16)12-8-4-6-10-14(12)17;8-6-4-2-1-3-5(6)7(9)10/h3-10,16-17H,1-2H3;1-4,8H,(H,9,10). The van der Waals surface area contributed by atoms with E-state index in [1.807, 2.05) is 38.1 Å². The maximum atomic E-state index is 10.3. The van der Waals surface area contributed by atoms with E-state index >= 15 is 0 Å². The fourth-order valence-electron chi connectivity index (χ4n) is 2.80. The Bertz CT molecular complexity index is 884. The lowest BCUT2D eigenvalue weighted by Gasteiger charge is -2.27. The molecule has 5 nitrogen and oxygen atoms in total. The molecule has 0 unspecified atom stereocenters. The minimum Gasteiger partial charge on any atom is -0.508 e. The molecule has 0 amide bonds. The first-order valence-corrected chi connectivity index (χ1v) is 8.33. The zero-order valence-corrected chi connectivity index (χ0v) is 15.1. The zero-order chi connectivity index (χ0) is 20.0. The van der Waals surface area contributed by atoms with Crippen LogP contribution >= 0.6 is 0 Å². The first-order valence-electron chi connectivity index (χ1n) is 8.33. The summed E-state index contributed by atoms with van der Waals surface area (Å²) in [6, 6.07) is 20.2. The SMILES string of the molecule is CC(C)(c1ccccc1O)c1ccccc1O.O=C(O)c1ccccc1O. The van der Waals surface area contributed by atoms with Gasteiger partial charge in [0.25, 0.3) is 0 Å². The predicted molar refractivity (Wildman–Crippen MR) is 103 cm³/mol. The Morgan fingerprint density at radius 2 is 1.04 bits per heavy atom. The Labute approximate surface area is 157 Å². The summed E-state index contributed by atoms with van der Waals surface area (Å²) < 4.78 is 0. The van der Waals surface area contributed by atoms with Crippen LogP contribution in [-0.2, 0) is 5.41 Å². The van der Waals surface area contributed by atoms with Gasteiger partial charge >= 0.3 is 5.97 Å². The van der Waals surface area contributed by atoms with Crippen molar-refractivity contribution in [3.8, 4) is 17.2 Å². The van der Waals surface area contributed by atoms with Gasteiger partial charge in [-0.05, 0) is 24.3 Å². The first-order chi connectivity index (χ1) is 12.7. The monoisotopic (exact) mass is 366 g/mol. The summed E-state index contributed by atoms with van der Waals surface area (Å²) >= 11 is 0. The minimum absolute atomic E-state index is 0.0671. The van der Waals surface area contributed by atoms with Crippen LogP contribution < -0.4 is 0 Å². The van der Waals surface area contributed by atoms with Crippen LogP contribution in [-0.4, -0.2) is 26.4 Å². The van der Waals surface area contributed by atoms with Gasteiger partial charge in [0.05, 0.1) is 0 Å². The molecule has 0 aliphatic heterocycles. The summed E-state index contributed by atoms with van der Waals surface area (Å²) in [7, 11) is 0. The fraction of sp³-hybridized carbons (Fsp3) is 0.136. The van der Waals surface area contributed by atoms with E-state index in [1.54, 1.807) is 36.4 Å². The summed E-state index contributed by atoms with van der Waals surface area (Å²) in [6.45, 7) is 3.97. The molecule has 0 aliphatic carbocycles. The molecule has 4 N–H and O–H groups in total. The molecule has 0 radical (unpaired) electrons. The molecule has 0 saturated heterocycles. The summed E-state index contributed by atoms with van der Waals surface area (Å²) in [5.41, 5.74) is 1.11. The van der Waals surface area contributed by atoms with Crippen molar-refractivity contribution >= 4 is 5.97 Å². The van der Waals surface area contributed by atoms with Crippen molar-refractivity contribution in [3.63, 3.8) is 0 Å². The summed E-state index contributed by atoms with van der Waals surface area (Å²) in [5.74, 6) is -0.811. The van der Waals surface area contributed by atoms with Gasteiger partial charge in [-0.15, -0.1) is 0 Å². The molecule has 3 aromatic carbocycles. The highest BCUT2D eigenvalue weighted by atomic mass is 16.4. The highest BCUT2D eigenvalue weighted by molar-refractivity contribution is 5.90. The van der Waals surface area contributed by atoms with Gasteiger partial charge < -0.3 is 20.4 Å². The average molecular weight is 366 g/mol. The summed E-state index contributed by atoms with van der Waals surface area (Å²) in [4.78, 5) is 10.3. The molecular weight excluding hydrogens is 344 g/mol. The second-order valence-electron chi connectivity index (χ2n) is 6.48. The second-order valence-corrected chi connectivity index (χ2v) is 6.48. The van der Waals surface area contributed by atoms with Gasteiger partial charge in [0.1, 0.15) is 22.8 Å². The molecule has 0 saturated carbocycles. The number of hydrogen-bond donors (Lipinski definition) is 4. The van der Waals surface area contributed by atoms with Crippen molar-refractivity contribution in [1.29, 1.82) is 0 Å². The molecule has 0 aliphatic rings. The van der Waals surface area contributed by atoms with Crippen LogP contribution in [0.25, 0.3) is 0 Å². The van der Waals surface area contributed by atoms with Gasteiger partial charge in [-0.25, -0.2) is 4.79 Å². The van der Waals surface area contributed by atoms with Gasteiger partial charge in [-0.1, -0.05) is 62.4 Å². The van der Waals surface area contributed by atoms with Gasteiger partial charge in [0, 0.05) is 16.5 Å². The number of carbonyl (C=O) groups is 1. The van der Waals surface area contributed by atoms with Gasteiger partial charge in [-0.2, -0.15) is 0 Å². The molecule has 3 aromatic rings. The molecule has 0 spiro atoms. The van der Waals surface area contributed by atoms with Crippen LogP contribution in [0.5, 0.6) is 17.2 Å². The maximum absolute atomic E-state index is 10.3. The lowest BCUT2D eigenvalue weighted by atomic mass is 9.77. The van der Waals surface area contributed by atoms with E-state index in [4.69, 9.17) is 10.2 Å². The summed E-state index contributed by atoms with van der Waals surface area (Å²) in [6.07, 6.45) is 0. The van der Waals surface area contributed by atoms with Gasteiger partial charge in [0.2, 0.25) is 0 Å². The van der Waals surface area contributed by atoms with E-state index in [1.165, 1.54) is 12.1 Å². The van der Waals surface area contributed by atoms with Crippen molar-refractivity contribution in [2.75, 3.05) is 0 Å². The lowest BCUT2D eigenvalue weighted by Crippen LogP contribution is -2.19. The molecule has 0 fully saturated rings. The van der Waals surface area contributed by atoms with Crippen LogP contribution in [0.15, 0.2) is 72.8 Å². The third-order valence-electron chi connectivity index (χ3n) is 4.29. The van der Waals surface area contributed by atoms with Crippen LogP contribution in [0, 0.1) is 0 Å². The van der Waals surface area contributed by atoms with Crippen LogP contribution in [0.2, 0.25) is 0 Å². The Balaban J connectivity index is 0.000000223. The molecule has 3 rings (SSSR count). The van der Waals surface area contributed by atoms with Crippen molar-refractivity contribution in [1.82, 2.24) is 0 Å². The topological polar surface area (TPSA) is 98.0 Å². The highest BCUT2D eigenvalue weighted by Crippen LogP contribution is 2.40. The van der Waals surface area contributed by atoms with Crippen molar-refractivity contribution in [2.45, 2.75) is 19.3 Å². The number of rotatable bonds is 3. The van der Waals surface area contributed by atoms with Gasteiger partial charge in [-0.3, -0.25) is 0 Å². The number of phenolic OH excluding ortho intramolecular Hbond substituents is 2. The number of hydrogen-bond acceptors (Lipinski definition) is 4. The third-order valence-corrected chi connectivity index (χ3v) is 4.29. The van der Waals surface area contributed by atoms with Crippen LogP contribution in [0.3, 0.4) is 0 Å². The number of benzene rings is 3. The quantitative estimate of drug-likeness (QED) is 0.546. The minimum atomic E-state index is -1.11. The Kier molecular flexibility index (Phi) is 6.08. The third kappa shape index (κ3) is 4.58. The number of para-hydroxylation sites is 3. The lowest BCUT2D eigenvalue weighted by molar-refractivity contribution is 0.0693. The number of carboxylic acids is 1. The smallest absolute Gasteiger partial charge is 0.339 e. The van der Waals surface area contributed by atoms with Gasteiger partial charge in [0.15, 0.2) is 0 Å². The first kappa shape index (κ1) is 19.8. The van der Waals surface area contributed by atoms with E-state index in [0.717, 1.165) is 11.1 Å². The van der Waals surface area contributed by atoms with E-state index < -0.39 is 11.4 Å². The average Bonchev–Trinajstić information content (AvgIpc) is 2.63. The Morgan fingerprint density at radius 3 is 1.37 bits per heavy atom. The predicted octanol–water partition coefficient (Wildman–Crippen LogP) is 4.51. The molecule has 0 atom stereocenters. The maximum Gasteiger partial charge on any atom is 0.339 e. The Hall–Kier alpha value is -3.47. The van der Waals surface area contributed by atoms with E-state index in [0.29, 0.717) is 0 Å². The van der Waals surface area contributed by atoms with Crippen molar-refractivity contribution in [3.05, 3.63) is 89.5 Å². The molecule has 0 aromatic heterocycles.